The van der Waals surface area contributed by atoms with E-state index in [9.17, 15) is 0 Å². The number of nitrogens with zero attached hydrogens (tertiary/aromatic N) is 1. The maximum absolute atomic E-state index is 2.36. The Bertz CT molecular complexity index is 619. The molecule has 1 heteroatoms. The largest absolute Gasteiger partial charge is 0.321 e. The van der Waals surface area contributed by atoms with Crippen LogP contribution in [0.3, 0.4) is 0 Å². The summed E-state index contributed by atoms with van der Waals surface area (Å²) in [5.74, 6) is 0. The molecule has 1 heterocycles. The summed E-state index contributed by atoms with van der Waals surface area (Å²) in [6.45, 7) is 2.25. The summed E-state index contributed by atoms with van der Waals surface area (Å²) >= 11 is 0. The number of hydrogen-bond donors (Lipinski definition) is 0. The maximum atomic E-state index is 2.36. The summed E-state index contributed by atoms with van der Waals surface area (Å²) in [5.41, 5.74) is 5.64. The molecule has 0 radical (unpaired) electrons. The number of rotatable bonds is 2. The van der Waals surface area contributed by atoms with Crippen molar-refractivity contribution in [2.24, 2.45) is 0 Å². The van der Waals surface area contributed by atoms with E-state index >= 15 is 0 Å². The highest BCUT2D eigenvalue weighted by Crippen LogP contribution is 2.27. The zero-order chi connectivity index (χ0) is 15.4. The van der Waals surface area contributed by atoms with Crippen LogP contribution in [0.15, 0.2) is 71.8 Å². The maximum Gasteiger partial charge on any atom is 0.101 e. The normalized spacial score (nSPS) is 21.2. The van der Waals surface area contributed by atoms with E-state index in [4.69, 9.17) is 0 Å². The Morgan fingerprint density at radius 2 is 1.09 bits per heavy atom. The Morgan fingerprint density at radius 1 is 0.682 bits per heavy atom. The van der Waals surface area contributed by atoms with Crippen molar-refractivity contribution in [1.82, 2.24) is 0 Å². The zero-order valence-electron chi connectivity index (χ0n) is 13.5. The van der Waals surface area contributed by atoms with Gasteiger partial charge in [-0.2, -0.15) is 0 Å². The molecule has 1 fully saturated rings. The molecule has 0 spiro atoms. The fraction of sp³-hybridized carbons (Fsp3) is 0.238. The second kappa shape index (κ2) is 6.33. The molecule has 0 saturated carbocycles. The van der Waals surface area contributed by atoms with Crippen molar-refractivity contribution < 1.29 is 4.48 Å². The lowest BCUT2D eigenvalue weighted by molar-refractivity contribution is -0.883. The van der Waals surface area contributed by atoms with Crippen LogP contribution in [0.25, 0.3) is 12.2 Å². The van der Waals surface area contributed by atoms with Crippen molar-refractivity contribution in [2.75, 3.05) is 27.2 Å². The predicted octanol–water partition coefficient (Wildman–Crippen LogP) is 4.63. The van der Waals surface area contributed by atoms with E-state index in [1.54, 1.807) is 0 Å². The average Bonchev–Trinajstić information content (AvgIpc) is 2.47. The second-order valence-electron chi connectivity index (χ2n) is 6.86. The third-order valence-electron chi connectivity index (χ3n) is 4.06. The van der Waals surface area contributed by atoms with Gasteiger partial charge >= 0.3 is 0 Å². The van der Waals surface area contributed by atoms with Gasteiger partial charge in [-0.15, -0.1) is 0 Å². The van der Waals surface area contributed by atoms with Crippen LogP contribution in [0.1, 0.15) is 17.5 Å². The molecule has 1 nitrogen and oxygen atoms in total. The molecule has 0 aromatic heterocycles. The van der Waals surface area contributed by atoms with Crippen molar-refractivity contribution in [3.05, 3.63) is 82.9 Å². The van der Waals surface area contributed by atoms with Crippen LogP contribution >= 0.6 is 0 Å². The molecule has 0 aliphatic carbocycles. The van der Waals surface area contributed by atoms with Crippen LogP contribution in [-0.4, -0.2) is 31.7 Å². The monoisotopic (exact) mass is 290 g/mol. The van der Waals surface area contributed by atoms with Crippen LogP contribution in [0.2, 0.25) is 0 Å². The minimum atomic E-state index is 1.03. The first-order chi connectivity index (χ1) is 10.6. The van der Waals surface area contributed by atoms with Crippen molar-refractivity contribution >= 4 is 12.2 Å². The van der Waals surface area contributed by atoms with E-state index in [-0.39, 0.29) is 0 Å². The van der Waals surface area contributed by atoms with Gasteiger partial charge in [-0.3, -0.25) is 0 Å². The van der Waals surface area contributed by atoms with Crippen LogP contribution in [0, 0.1) is 0 Å². The van der Waals surface area contributed by atoms with Crippen LogP contribution in [0.4, 0.5) is 0 Å². The quantitative estimate of drug-likeness (QED) is 0.707. The predicted molar refractivity (Wildman–Crippen MR) is 95.3 cm³/mol. The van der Waals surface area contributed by atoms with Gasteiger partial charge in [0.2, 0.25) is 0 Å². The Balaban J connectivity index is 1.88. The number of likely N-dealkylation sites (tertiary alicyclic amines) is 1. The van der Waals surface area contributed by atoms with Gasteiger partial charge in [0.15, 0.2) is 0 Å². The average molecular weight is 290 g/mol. The van der Waals surface area contributed by atoms with Gasteiger partial charge in [0.25, 0.3) is 0 Å². The van der Waals surface area contributed by atoms with Gasteiger partial charge in [0.1, 0.15) is 13.1 Å². The highest BCUT2D eigenvalue weighted by molar-refractivity contribution is 5.58. The van der Waals surface area contributed by atoms with Gasteiger partial charge in [-0.05, 0) is 34.4 Å². The van der Waals surface area contributed by atoms with Gasteiger partial charge < -0.3 is 4.48 Å². The molecular weight excluding hydrogens is 266 g/mol. The Morgan fingerprint density at radius 3 is 1.50 bits per heavy atom. The molecule has 112 valence electrons. The molecule has 3 rings (SSSR count). The number of piperidine rings is 1. The second-order valence-corrected chi connectivity index (χ2v) is 6.86. The smallest absolute Gasteiger partial charge is 0.101 e. The minimum absolute atomic E-state index is 1.03. The number of benzene rings is 2. The summed E-state index contributed by atoms with van der Waals surface area (Å²) in [6.07, 6.45) is 5.81. The van der Waals surface area contributed by atoms with Crippen LogP contribution in [-0.2, 0) is 0 Å². The molecule has 2 aromatic rings. The van der Waals surface area contributed by atoms with E-state index in [0.717, 1.165) is 24.0 Å². The first kappa shape index (κ1) is 14.8. The summed E-state index contributed by atoms with van der Waals surface area (Å²) in [4.78, 5) is 0. The van der Waals surface area contributed by atoms with E-state index in [1.165, 1.54) is 22.3 Å². The van der Waals surface area contributed by atoms with Gasteiger partial charge in [0, 0.05) is 6.42 Å². The highest BCUT2D eigenvalue weighted by Gasteiger charge is 2.26. The lowest BCUT2D eigenvalue weighted by Gasteiger charge is -2.36. The zero-order valence-corrected chi connectivity index (χ0v) is 13.5. The lowest BCUT2D eigenvalue weighted by Crippen LogP contribution is -2.45. The summed E-state index contributed by atoms with van der Waals surface area (Å²) in [7, 11) is 4.63. The molecule has 0 unspecified atom stereocenters. The Labute approximate surface area is 133 Å². The number of likely N-dealkylation sites (N-methyl/N-ethyl adjacent to an activating group) is 1. The van der Waals surface area contributed by atoms with Crippen LogP contribution < -0.4 is 0 Å². The standard InChI is InChI=1S/C21H24N/c1-22(2)16-20(13-18-9-5-3-6-10-18)15-21(17-22)14-19-11-7-4-8-12-19/h3-14H,15-17H2,1-2H3/q+1/b20-13-,21-14+. The Kier molecular flexibility index (Phi) is 4.26. The fourth-order valence-electron chi connectivity index (χ4n) is 3.32. The molecule has 1 aliphatic rings. The third kappa shape index (κ3) is 3.96. The summed E-state index contributed by atoms with van der Waals surface area (Å²) in [6, 6.07) is 21.3. The SMILES string of the molecule is C[N+]1(C)C/C(=C\c2ccccc2)C/C(=C\c2ccccc2)C1. The fourth-order valence-corrected chi connectivity index (χ4v) is 3.32. The molecule has 22 heavy (non-hydrogen) atoms. The van der Waals surface area contributed by atoms with Crippen molar-refractivity contribution in [2.45, 2.75) is 6.42 Å². The van der Waals surface area contributed by atoms with E-state index in [2.05, 4.69) is 86.9 Å². The van der Waals surface area contributed by atoms with Gasteiger partial charge in [0.05, 0.1) is 14.1 Å². The molecular formula is C21H24N+. The van der Waals surface area contributed by atoms with E-state index in [0.29, 0.717) is 0 Å². The molecule has 0 N–H and O–H groups in total. The lowest BCUT2D eigenvalue weighted by atomic mass is 9.94. The topological polar surface area (TPSA) is 0 Å². The molecule has 0 amide bonds. The Hall–Kier alpha value is -2.12. The number of hydrogen-bond acceptors (Lipinski definition) is 0. The van der Waals surface area contributed by atoms with Crippen LogP contribution in [0.5, 0.6) is 0 Å². The molecule has 1 aliphatic heterocycles. The van der Waals surface area contributed by atoms with Gasteiger partial charge in [-0.25, -0.2) is 0 Å². The van der Waals surface area contributed by atoms with E-state index in [1.807, 2.05) is 0 Å². The summed E-state index contributed by atoms with van der Waals surface area (Å²) < 4.78 is 1.03. The van der Waals surface area contributed by atoms with Crippen molar-refractivity contribution in [3.8, 4) is 0 Å². The molecule has 2 aromatic carbocycles. The summed E-state index contributed by atoms with van der Waals surface area (Å²) in [5, 5.41) is 0. The first-order valence-corrected chi connectivity index (χ1v) is 7.92. The van der Waals surface area contributed by atoms with Crippen molar-refractivity contribution in [1.29, 1.82) is 0 Å². The highest BCUT2D eigenvalue weighted by atomic mass is 15.3. The molecule has 0 atom stereocenters. The third-order valence-corrected chi connectivity index (χ3v) is 4.06. The first-order valence-electron chi connectivity index (χ1n) is 7.92. The minimum Gasteiger partial charge on any atom is -0.321 e. The molecule has 1 saturated heterocycles. The number of quaternary nitrogens is 1. The van der Waals surface area contributed by atoms with Gasteiger partial charge in [-0.1, -0.05) is 60.7 Å². The molecule has 0 bridgehead atoms. The van der Waals surface area contributed by atoms with E-state index < -0.39 is 0 Å². The van der Waals surface area contributed by atoms with Crippen molar-refractivity contribution in [3.63, 3.8) is 0 Å².